The minimum absolute atomic E-state index is 0.0348. The Morgan fingerprint density at radius 2 is 2.19 bits per heavy atom. The Kier molecular flexibility index (Phi) is 3.75. The predicted molar refractivity (Wildman–Crippen MR) is 78.4 cm³/mol. The first-order chi connectivity index (χ1) is 10.1. The van der Waals surface area contributed by atoms with Crippen LogP contribution in [0.4, 0.5) is 0 Å². The Labute approximate surface area is 125 Å². The molecule has 1 aromatic heterocycles. The standard InChI is InChI=1S/C17H21N3O/c1-10-5-16(20-11(2)19-10)15(9-18)17(21)8-14-7-12-3-4-13(14)6-12/h5,12-15H,3-4,6-8H2,1-2H3/t12-,13-,14-,15+/m0/s1. The van der Waals surface area contributed by atoms with E-state index in [4.69, 9.17) is 0 Å². The van der Waals surface area contributed by atoms with Crippen LogP contribution >= 0.6 is 0 Å². The Bertz CT molecular complexity index is 584. The molecule has 0 N–H and O–H groups in total. The predicted octanol–water partition coefficient (Wildman–Crippen LogP) is 3.10. The summed E-state index contributed by atoms with van der Waals surface area (Å²) in [6, 6.07) is 3.91. The monoisotopic (exact) mass is 283 g/mol. The van der Waals surface area contributed by atoms with Crippen LogP contribution in [0.15, 0.2) is 6.07 Å². The molecule has 0 saturated heterocycles. The highest BCUT2D eigenvalue weighted by Gasteiger charge is 2.41. The number of fused-ring (bicyclic) bond motifs is 2. The summed E-state index contributed by atoms with van der Waals surface area (Å²) < 4.78 is 0. The van der Waals surface area contributed by atoms with Crippen LogP contribution in [0.5, 0.6) is 0 Å². The number of hydrogen-bond donors (Lipinski definition) is 0. The molecule has 2 fully saturated rings. The molecule has 1 heterocycles. The van der Waals surface area contributed by atoms with E-state index in [1.54, 1.807) is 13.0 Å². The van der Waals surface area contributed by atoms with Crippen molar-refractivity contribution in [3.05, 3.63) is 23.3 Å². The lowest BCUT2D eigenvalue weighted by atomic mass is 9.82. The van der Waals surface area contributed by atoms with E-state index in [9.17, 15) is 10.1 Å². The molecule has 4 atom stereocenters. The van der Waals surface area contributed by atoms with Crippen molar-refractivity contribution in [1.82, 2.24) is 9.97 Å². The van der Waals surface area contributed by atoms with Gasteiger partial charge in [0.1, 0.15) is 11.7 Å². The number of aromatic nitrogens is 2. The van der Waals surface area contributed by atoms with E-state index in [-0.39, 0.29) is 5.78 Å². The molecule has 0 amide bonds. The minimum Gasteiger partial charge on any atom is -0.298 e. The summed E-state index contributed by atoms with van der Waals surface area (Å²) in [6.07, 6.45) is 5.62. The van der Waals surface area contributed by atoms with E-state index in [1.165, 1.54) is 25.7 Å². The van der Waals surface area contributed by atoms with Crippen molar-refractivity contribution in [1.29, 1.82) is 5.26 Å². The quantitative estimate of drug-likeness (QED) is 0.851. The summed E-state index contributed by atoms with van der Waals surface area (Å²) in [4.78, 5) is 21.1. The average molecular weight is 283 g/mol. The fourth-order valence-corrected chi connectivity index (χ4v) is 4.20. The highest BCUT2D eigenvalue weighted by atomic mass is 16.1. The van der Waals surface area contributed by atoms with Crippen LogP contribution in [0.2, 0.25) is 0 Å². The Morgan fingerprint density at radius 3 is 2.76 bits per heavy atom. The normalized spacial score (nSPS) is 28.3. The van der Waals surface area contributed by atoms with Crippen LogP contribution in [-0.2, 0) is 4.79 Å². The van der Waals surface area contributed by atoms with E-state index < -0.39 is 5.92 Å². The molecule has 2 saturated carbocycles. The molecule has 2 aliphatic rings. The number of nitriles is 1. The second-order valence-electron chi connectivity index (χ2n) is 6.65. The van der Waals surface area contributed by atoms with E-state index in [1.807, 2.05) is 6.92 Å². The molecule has 0 unspecified atom stereocenters. The van der Waals surface area contributed by atoms with Gasteiger partial charge in [-0.15, -0.1) is 0 Å². The second kappa shape index (κ2) is 5.55. The first-order valence-electron chi connectivity index (χ1n) is 7.81. The molecule has 110 valence electrons. The molecule has 0 radical (unpaired) electrons. The van der Waals surface area contributed by atoms with Gasteiger partial charge in [0.25, 0.3) is 0 Å². The summed E-state index contributed by atoms with van der Waals surface area (Å²) in [6.45, 7) is 3.67. The lowest BCUT2D eigenvalue weighted by Gasteiger charge is -2.21. The fourth-order valence-electron chi connectivity index (χ4n) is 4.20. The molecule has 4 heteroatoms. The summed E-state index contributed by atoms with van der Waals surface area (Å²) in [5.41, 5.74) is 1.38. The molecule has 1 aromatic rings. The fraction of sp³-hybridized carbons (Fsp3) is 0.647. The van der Waals surface area contributed by atoms with Crippen LogP contribution < -0.4 is 0 Å². The van der Waals surface area contributed by atoms with Crippen LogP contribution in [0.25, 0.3) is 0 Å². The Morgan fingerprint density at radius 1 is 1.38 bits per heavy atom. The number of carbonyl (C=O) groups excluding carboxylic acids is 1. The second-order valence-corrected chi connectivity index (χ2v) is 6.65. The van der Waals surface area contributed by atoms with Gasteiger partial charge in [0.2, 0.25) is 0 Å². The molecular formula is C17H21N3O. The van der Waals surface area contributed by atoms with Gasteiger partial charge in [-0.05, 0) is 56.9 Å². The smallest absolute Gasteiger partial charge is 0.156 e. The third-order valence-corrected chi connectivity index (χ3v) is 5.08. The number of aryl methyl sites for hydroxylation is 2. The zero-order chi connectivity index (χ0) is 15.0. The Hall–Kier alpha value is -1.76. The number of nitrogens with zero attached hydrogens (tertiary/aromatic N) is 3. The number of hydrogen-bond acceptors (Lipinski definition) is 4. The number of carbonyl (C=O) groups is 1. The van der Waals surface area contributed by atoms with Crippen LogP contribution in [0.3, 0.4) is 0 Å². The van der Waals surface area contributed by atoms with Crippen LogP contribution in [0.1, 0.15) is 55.2 Å². The summed E-state index contributed by atoms with van der Waals surface area (Å²) in [5.74, 6) is 1.97. The molecule has 0 aromatic carbocycles. The lowest BCUT2D eigenvalue weighted by Crippen LogP contribution is -2.20. The van der Waals surface area contributed by atoms with Gasteiger partial charge in [-0.1, -0.05) is 6.42 Å². The van der Waals surface area contributed by atoms with Crippen molar-refractivity contribution in [2.24, 2.45) is 17.8 Å². The average Bonchev–Trinajstić information content (AvgIpc) is 3.00. The van der Waals surface area contributed by atoms with Crippen molar-refractivity contribution >= 4 is 5.78 Å². The topological polar surface area (TPSA) is 66.6 Å². The highest BCUT2D eigenvalue weighted by molar-refractivity contribution is 5.88. The van der Waals surface area contributed by atoms with E-state index in [0.29, 0.717) is 29.8 Å². The number of Topliss-reactive ketones (excluding diaryl/α,β-unsaturated/α-hetero) is 1. The van der Waals surface area contributed by atoms with Gasteiger partial charge in [-0.25, -0.2) is 9.97 Å². The van der Waals surface area contributed by atoms with Crippen molar-refractivity contribution in [2.75, 3.05) is 0 Å². The van der Waals surface area contributed by atoms with Crippen molar-refractivity contribution in [3.63, 3.8) is 0 Å². The zero-order valence-electron chi connectivity index (χ0n) is 12.7. The zero-order valence-corrected chi connectivity index (χ0v) is 12.7. The molecule has 2 aliphatic carbocycles. The van der Waals surface area contributed by atoms with Crippen molar-refractivity contribution < 1.29 is 4.79 Å². The summed E-state index contributed by atoms with van der Waals surface area (Å²) >= 11 is 0. The maximum absolute atomic E-state index is 12.5. The largest absolute Gasteiger partial charge is 0.298 e. The number of ketones is 1. The van der Waals surface area contributed by atoms with Gasteiger partial charge in [0.05, 0.1) is 11.8 Å². The highest BCUT2D eigenvalue weighted by Crippen LogP contribution is 2.49. The Balaban J connectivity index is 1.74. The van der Waals surface area contributed by atoms with Crippen LogP contribution in [-0.4, -0.2) is 15.8 Å². The third-order valence-electron chi connectivity index (χ3n) is 5.08. The minimum atomic E-state index is -0.732. The molecule has 3 rings (SSSR count). The van der Waals surface area contributed by atoms with Crippen LogP contribution in [0, 0.1) is 42.9 Å². The van der Waals surface area contributed by atoms with E-state index in [2.05, 4.69) is 16.0 Å². The van der Waals surface area contributed by atoms with Gasteiger partial charge >= 0.3 is 0 Å². The lowest BCUT2D eigenvalue weighted by molar-refractivity contribution is -0.120. The SMILES string of the molecule is Cc1cc([C@@H](C#N)C(=O)C[C@@H]2C[C@H]3CC[C@H]2C3)nc(C)n1. The molecule has 21 heavy (non-hydrogen) atoms. The van der Waals surface area contributed by atoms with Gasteiger partial charge in [-0.3, -0.25) is 4.79 Å². The molecule has 4 nitrogen and oxygen atoms in total. The first-order valence-corrected chi connectivity index (χ1v) is 7.81. The third kappa shape index (κ3) is 2.83. The van der Waals surface area contributed by atoms with Gasteiger partial charge in [-0.2, -0.15) is 5.26 Å². The molecule has 0 aliphatic heterocycles. The number of rotatable bonds is 4. The molecular weight excluding hydrogens is 262 g/mol. The first kappa shape index (κ1) is 14.2. The van der Waals surface area contributed by atoms with E-state index in [0.717, 1.165) is 11.6 Å². The summed E-state index contributed by atoms with van der Waals surface area (Å²) in [7, 11) is 0. The molecule has 0 spiro atoms. The van der Waals surface area contributed by atoms with Gasteiger partial charge in [0, 0.05) is 12.1 Å². The summed E-state index contributed by atoms with van der Waals surface area (Å²) in [5, 5.41) is 9.41. The van der Waals surface area contributed by atoms with Gasteiger partial charge in [0.15, 0.2) is 5.78 Å². The maximum Gasteiger partial charge on any atom is 0.156 e. The molecule has 2 bridgehead atoms. The van der Waals surface area contributed by atoms with Gasteiger partial charge < -0.3 is 0 Å². The van der Waals surface area contributed by atoms with Crippen molar-refractivity contribution in [3.8, 4) is 6.07 Å². The van der Waals surface area contributed by atoms with Crippen molar-refractivity contribution in [2.45, 2.75) is 51.9 Å². The van der Waals surface area contributed by atoms with E-state index >= 15 is 0 Å². The maximum atomic E-state index is 12.5.